The molecule has 0 fully saturated rings. The number of benzene rings is 1. The Kier molecular flexibility index (Phi) is 6.07. The number of alkyl halides is 3. The molecule has 8 heteroatoms. The third-order valence-corrected chi connectivity index (χ3v) is 3.18. The number of rotatable bonds is 3. The predicted molar refractivity (Wildman–Crippen MR) is 73.1 cm³/mol. The van der Waals surface area contributed by atoms with E-state index in [4.69, 9.17) is 5.73 Å². The predicted octanol–water partition coefficient (Wildman–Crippen LogP) is 3.03. The average Bonchev–Trinajstić information content (AvgIpc) is 2.35. The van der Waals surface area contributed by atoms with Gasteiger partial charge < -0.3 is 15.6 Å². The van der Waals surface area contributed by atoms with Gasteiger partial charge in [0.05, 0.1) is 18.1 Å². The smallest absolute Gasteiger partial charge is 0.416 e. The van der Waals surface area contributed by atoms with Crippen molar-refractivity contribution < 1.29 is 27.8 Å². The summed E-state index contributed by atoms with van der Waals surface area (Å²) in [6.07, 6.45) is -4.56. The lowest BCUT2D eigenvalue weighted by Crippen LogP contribution is -2.37. The Morgan fingerprint density at radius 3 is 2.29 bits per heavy atom. The first-order valence-corrected chi connectivity index (χ1v) is 5.76. The largest absolute Gasteiger partial charge is 0.508 e. The Hall–Kier alpha value is -1.47. The molecule has 0 amide bonds. The van der Waals surface area contributed by atoms with Crippen LogP contribution in [-0.4, -0.2) is 18.2 Å². The zero-order valence-electron chi connectivity index (χ0n) is 11.7. The van der Waals surface area contributed by atoms with Gasteiger partial charge in [0.25, 0.3) is 0 Å². The molecule has 0 aliphatic rings. The van der Waals surface area contributed by atoms with Crippen LogP contribution in [0.2, 0.25) is 0 Å². The number of halogens is 4. The third kappa shape index (κ3) is 4.01. The van der Waals surface area contributed by atoms with Gasteiger partial charge in [0, 0.05) is 11.6 Å². The summed E-state index contributed by atoms with van der Waals surface area (Å²) in [7, 11) is 1.16. The average molecular weight is 328 g/mol. The quantitative estimate of drug-likeness (QED) is 0.837. The molecule has 21 heavy (non-hydrogen) atoms. The summed E-state index contributed by atoms with van der Waals surface area (Å²) in [6.45, 7) is 2.87. The van der Waals surface area contributed by atoms with Crippen molar-refractivity contribution in [2.45, 2.75) is 26.1 Å². The molecule has 0 aliphatic carbocycles. The summed E-state index contributed by atoms with van der Waals surface area (Å²) in [5.41, 5.74) is 3.45. The standard InChI is InChI=1S/C13H16F3NO3.ClH/c1-12(2,11(19)20-3)10(17)8-6-7(13(14,15)16)4-5-9(8)18;/h4-6,10,18H,17H2,1-3H3;1H/t10-;/m1./s1. The molecule has 0 saturated carbocycles. The van der Waals surface area contributed by atoms with Gasteiger partial charge in [0.1, 0.15) is 5.75 Å². The number of nitrogens with two attached hydrogens (primary N) is 1. The highest BCUT2D eigenvalue weighted by Crippen LogP contribution is 2.39. The lowest BCUT2D eigenvalue weighted by molar-refractivity contribution is -0.152. The van der Waals surface area contributed by atoms with Gasteiger partial charge in [-0.05, 0) is 32.0 Å². The van der Waals surface area contributed by atoms with Crippen molar-refractivity contribution in [1.82, 2.24) is 0 Å². The number of carbonyl (C=O) groups excluding carboxylic acids is 1. The summed E-state index contributed by atoms with van der Waals surface area (Å²) >= 11 is 0. The van der Waals surface area contributed by atoms with Crippen LogP contribution in [0.15, 0.2) is 18.2 Å². The van der Waals surface area contributed by atoms with Gasteiger partial charge in [-0.1, -0.05) is 0 Å². The zero-order valence-corrected chi connectivity index (χ0v) is 12.5. The number of aromatic hydroxyl groups is 1. The van der Waals surface area contributed by atoms with Gasteiger partial charge in [-0.15, -0.1) is 12.4 Å². The van der Waals surface area contributed by atoms with E-state index in [1.165, 1.54) is 13.8 Å². The summed E-state index contributed by atoms with van der Waals surface area (Å²) in [5, 5.41) is 9.69. The van der Waals surface area contributed by atoms with Gasteiger partial charge in [-0.25, -0.2) is 0 Å². The van der Waals surface area contributed by atoms with E-state index in [1.54, 1.807) is 0 Å². The molecule has 0 saturated heterocycles. The van der Waals surface area contributed by atoms with Crippen molar-refractivity contribution in [3.63, 3.8) is 0 Å². The van der Waals surface area contributed by atoms with Crippen molar-refractivity contribution in [1.29, 1.82) is 0 Å². The normalized spacial score (nSPS) is 13.3. The first-order chi connectivity index (χ1) is 9.01. The first-order valence-electron chi connectivity index (χ1n) is 5.76. The van der Waals surface area contributed by atoms with E-state index < -0.39 is 34.9 Å². The van der Waals surface area contributed by atoms with E-state index in [0.717, 1.165) is 25.3 Å². The van der Waals surface area contributed by atoms with Crippen LogP contribution in [0.5, 0.6) is 5.75 Å². The highest BCUT2D eigenvalue weighted by molar-refractivity contribution is 5.85. The molecule has 0 unspecified atom stereocenters. The molecule has 1 aromatic carbocycles. The number of esters is 1. The summed E-state index contributed by atoms with van der Waals surface area (Å²) in [6, 6.07) is 1.25. The van der Waals surface area contributed by atoms with Crippen LogP contribution >= 0.6 is 12.4 Å². The molecule has 0 heterocycles. The number of hydrogen-bond donors (Lipinski definition) is 2. The van der Waals surface area contributed by atoms with Crippen molar-refractivity contribution in [3.8, 4) is 5.75 Å². The van der Waals surface area contributed by atoms with Crippen LogP contribution in [0.4, 0.5) is 13.2 Å². The van der Waals surface area contributed by atoms with Crippen LogP contribution in [-0.2, 0) is 15.7 Å². The molecular formula is C13H17ClF3NO3. The Bertz CT molecular complexity index is 518. The van der Waals surface area contributed by atoms with Gasteiger partial charge in [0.2, 0.25) is 0 Å². The minimum absolute atomic E-state index is 0. The van der Waals surface area contributed by atoms with Crippen molar-refractivity contribution >= 4 is 18.4 Å². The molecule has 0 spiro atoms. The molecule has 1 aromatic rings. The molecular weight excluding hydrogens is 311 g/mol. The minimum atomic E-state index is -4.56. The second kappa shape index (κ2) is 6.53. The van der Waals surface area contributed by atoms with Crippen LogP contribution in [0.1, 0.15) is 31.0 Å². The number of methoxy groups -OCH3 is 1. The van der Waals surface area contributed by atoms with Gasteiger partial charge in [-0.2, -0.15) is 13.2 Å². The molecule has 0 aromatic heterocycles. The fourth-order valence-corrected chi connectivity index (χ4v) is 1.76. The number of phenolic OH excluding ortho intramolecular Hbond substituents is 1. The maximum absolute atomic E-state index is 12.7. The maximum Gasteiger partial charge on any atom is 0.416 e. The molecule has 0 aliphatic heterocycles. The van der Waals surface area contributed by atoms with Crippen LogP contribution in [0, 0.1) is 5.41 Å². The fraction of sp³-hybridized carbons (Fsp3) is 0.462. The lowest BCUT2D eigenvalue weighted by Gasteiger charge is -2.29. The van der Waals surface area contributed by atoms with Crippen molar-refractivity contribution in [2.75, 3.05) is 7.11 Å². The Morgan fingerprint density at radius 1 is 1.33 bits per heavy atom. The SMILES string of the molecule is COC(=O)C(C)(C)[C@H](N)c1cc(C(F)(F)F)ccc1O.Cl. The second-order valence-electron chi connectivity index (χ2n) is 4.96. The maximum atomic E-state index is 12.7. The van der Waals surface area contributed by atoms with E-state index in [9.17, 15) is 23.1 Å². The summed E-state index contributed by atoms with van der Waals surface area (Å²) < 4.78 is 42.6. The van der Waals surface area contributed by atoms with Crippen LogP contribution in [0.3, 0.4) is 0 Å². The number of hydrogen-bond acceptors (Lipinski definition) is 4. The van der Waals surface area contributed by atoms with E-state index in [1.807, 2.05) is 0 Å². The monoisotopic (exact) mass is 327 g/mol. The first kappa shape index (κ1) is 19.5. The molecule has 0 bridgehead atoms. The van der Waals surface area contributed by atoms with Gasteiger partial charge >= 0.3 is 12.1 Å². The van der Waals surface area contributed by atoms with Crippen molar-refractivity contribution in [3.05, 3.63) is 29.3 Å². The summed E-state index contributed by atoms with van der Waals surface area (Å²) in [5.74, 6) is -1.08. The van der Waals surface area contributed by atoms with E-state index in [0.29, 0.717) is 0 Å². The topological polar surface area (TPSA) is 72.5 Å². The Morgan fingerprint density at radius 2 is 1.86 bits per heavy atom. The Labute approximate surface area is 126 Å². The number of phenols is 1. The van der Waals surface area contributed by atoms with Crippen LogP contribution < -0.4 is 5.73 Å². The van der Waals surface area contributed by atoms with E-state index in [-0.39, 0.29) is 18.0 Å². The number of carbonyl (C=O) groups is 1. The molecule has 3 N–H and O–H groups in total. The van der Waals surface area contributed by atoms with E-state index in [2.05, 4.69) is 4.74 Å². The van der Waals surface area contributed by atoms with Crippen LogP contribution in [0.25, 0.3) is 0 Å². The highest BCUT2D eigenvalue weighted by atomic mass is 35.5. The molecule has 4 nitrogen and oxygen atoms in total. The fourth-order valence-electron chi connectivity index (χ4n) is 1.76. The van der Waals surface area contributed by atoms with Gasteiger partial charge in [-0.3, -0.25) is 4.79 Å². The molecule has 1 atom stereocenters. The molecule has 120 valence electrons. The third-order valence-electron chi connectivity index (χ3n) is 3.18. The Balaban J connectivity index is 0.00000400. The number of ether oxygens (including phenoxy) is 1. The lowest BCUT2D eigenvalue weighted by atomic mass is 9.80. The minimum Gasteiger partial charge on any atom is -0.508 e. The van der Waals surface area contributed by atoms with Gasteiger partial charge in [0.15, 0.2) is 0 Å². The zero-order chi connectivity index (χ0) is 15.7. The summed E-state index contributed by atoms with van der Waals surface area (Å²) in [4.78, 5) is 11.6. The van der Waals surface area contributed by atoms with E-state index >= 15 is 0 Å². The second-order valence-corrected chi connectivity index (χ2v) is 4.96. The highest BCUT2D eigenvalue weighted by Gasteiger charge is 2.39. The van der Waals surface area contributed by atoms with Crippen molar-refractivity contribution in [2.24, 2.45) is 11.1 Å². The molecule has 1 rings (SSSR count). The molecule has 0 radical (unpaired) electrons.